The molecule has 1 saturated heterocycles. The average molecular weight is 371 g/mol. The molecule has 0 saturated carbocycles. The number of hydrogen-bond acceptors (Lipinski definition) is 4. The first-order chi connectivity index (χ1) is 10.6. The van der Waals surface area contributed by atoms with Crippen molar-refractivity contribution >= 4 is 21.8 Å². The smallest absolute Gasteiger partial charge is 0.248 e. The molecule has 0 aliphatic carbocycles. The van der Waals surface area contributed by atoms with Crippen molar-refractivity contribution in [2.24, 2.45) is 0 Å². The van der Waals surface area contributed by atoms with Crippen LogP contribution in [-0.2, 0) is 9.53 Å². The van der Waals surface area contributed by atoms with Gasteiger partial charge in [0, 0.05) is 11.5 Å². The first-order valence-electron chi connectivity index (χ1n) is 7.60. The number of piperidine rings is 1. The van der Waals surface area contributed by atoms with Crippen molar-refractivity contribution in [1.82, 2.24) is 10.2 Å². The molecule has 1 N–H and O–H groups in total. The summed E-state index contributed by atoms with van der Waals surface area (Å²) in [5.74, 6) is 0.799. The number of amides is 1. The van der Waals surface area contributed by atoms with E-state index >= 15 is 0 Å². The fraction of sp³-hybridized carbons (Fsp3) is 0.562. The Bertz CT molecular complexity index is 461. The molecule has 5 nitrogen and oxygen atoms in total. The maximum absolute atomic E-state index is 12.0. The van der Waals surface area contributed by atoms with E-state index in [2.05, 4.69) is 21.2 Å². The van der Waals surface area contributed by atoms with Crippen molar-refractivity contribution < 1.29 is 14.3 Å². The lowest BCUT2D eigenvalue weighted by molar-refractivity contribution is -0.137. The van der Waals surface area contributed by atoms with Crippen LogP contribution in [0.2, 0.25) is 0 Å². The molecule has 1 aliphatic rings. The normalized spacial score (nSPS) is 15.5. The van der Waals surface area contributed by atoms with E-state index in [1.165, 1.54) is 0 Å². The molecule has 0 spiro atoms. The quantitative estimate of drug-likeness (QED) is 0.797. The summed E-state index contributed by atoms with van der Waals surface area (Å²) >= 11 is 3.38. The van der Waals surface area contributed by atoms with Crippen LogP contribution in [0.3, 0.4) is 0 Å². The Balaban J connectivity index is 1.62. The highest BCUT2D eigenvalue weighted by Crippen LogP contribution is 2.15. The summed E-state index contributed by atoms with van der Waals surface area (Å²) in [7, 11) is 1.78. The lowest BCUT2D eigenvalue weighted by Gasteiger charge is -2.24. The van der Waals surface area contributed by atoms with Crippen molar-refractivity contribution in [2.75, 3.05) is 39.9 Å². The van der Waals surface area contributed by atoms with Gasteiger partial charge in [0.05, 0.1) is 12.6 Å². The molecule has 0 atom stereocenters. The van der Waals surface area contributed by atoms with Gasteiger partial charge in [-0.15, -0.1) is 0 Å². The maximum atomic E-state index is 12.0. The number of ether oxygens (including phenoxy) is 2. The van der Waals surface area contributed by atoms with Gasteiger partial charge in [0.25, 0.3) is 0 Å². The van der Waals surface area contributed by atoms with Gasteiger partial charge >= 0.3 is 0 Å². The number of benzene rings is 1. The molecule has 1 aromatic rings. The van der Waals surface area contributed by atoms with Gasteiger partial charge in [0.2, 0.25) is 5.91 Å². The molecular weight excluding hydrogens is 348 g/mol. The first-order valence-corrected chi connectivity index (χ1v) is 8.39. The average Bonchev–Trinajstić information content (AvgIpc) is 2.55. The molecule has 0 aromatic heterocycles. The van der Waals surface area contributed by atoms with Crippen LogP contribution < -0.4 is 10.1 Å². The van der Waals surface area contributed by atoms with Crippen LogP contribution in [-0.4, -0.2) is 56.8 Å². The summed E-state index contributed by atoms with van der Waals surface area (Å²) in [6, 6.07) is 7.65. The predicted octanol–water partition coefficient (Wildman–Crippen LogP) is 2.05. The number of nitrogens with one attached hydrogen (secondary N) is 1. The molecule has 1 fully saturated rings. The standard InChI is InChI=1S/C16H23BrN2O3/c1-19(10-11-21-14-4-2-13(17)3-5-14)16(20)12-22-15-6-8-18-9-7-15/h2-5,15,18H,6-12H2,1H3. The molecule has 122 valence electrons. The van der Waals surface area contributed by atoms with Crippen LogP contribution in [0.5, 0.6) is 5.75 Å². The summed E-state index contributed by atoms with van der Waals surface area (Å²) in [4.78, 5) is 13.6. The molecule has 2 rings (SSSR count). The number of rotatable bonds is 7. The lowest BCUT2D eigenvalue weighted by atomic mass is 10.1. The van der Waals surface area contributed by atoms with Crippen molar-refractivity contribution in [3.05, 3.63) is 28.7 Å². The molecule has 1 aromatic carbocycles. The van der Waals surface area contributed by atoms with E-state index in [1.54, 1.807) is 11.9 Å². The molecule has 0 bridgehead atoms. The zero-order chi connectivity index (χ0) is 15.8. The number of carbonyl (C=O) groups is 1. The molecule has 6 heteroatoms. The zero-order valence-electron chi connectivity index (χ0n) is 12.9. The Morgan fingerprint density at radius 1 is 1.32 bits per heavy atom. The zero-order valence-corrected chi connectivity index (χ0v) is 14.5. The van der Waals surface area contributed by atoms with E-state index in [9.17, 15) is 4.79 Å². The molecule has 1 amide bonds. The van der Waals surface area contributed by atoms with Gasteiger partial charge in [-0.1, -0.05) is 15.9 Å². The second kappa shape index (κ2) is 9.12. The third-order valence-corrected chi connectivity index (χ3v) is 4.19. The van der Waals surface area contributed by atoms with Crippen LogP contribution in [0.25, 0.3) is 0 Å². The van der Waals surface area contributed by atoms with Gasteiger partial charge in [0.15, 0.2) is 0 Å². The summed E-state index contributed by atoms with van der Waals surface area (Å²) in [6.45, 7) is 3.10. The van der Waals surface area contributed by atoms with Crippen LogP contribution in [0, 0.1) is 0 Å². The number of nitrogens with zero attached hydrogens (tertiary/aromatic N) is 1. The van der Waals surface area contributed by atoms with Gasteiger partial charge in [0.1, 0.15) is 19.0 Å². The number of likely N-dealkylation sites (N-methyl/N-ethyl adjacent to an activating group) is 1. The first kappa shape index (κ1) is 17.2. The largest absolute Gasteiger partial charge is 0.492 e. The lowest BCUT2D eigenvalue weighted by Crippen LogP contribution is -2.37. The van der Waals surface area contributed by atoms with E-state index in [-0.39, 0.29) is 18.6 Å². The van der Waals surface area contributed by atoms with E-state index in [0.717, 1.165) is 36.2 Å². The summed E-state index contributed by atoms with van der Waals surface area (Å²) in [5, 5.41) is 3.28. The van der Waals surface area contributed by atoms with Crippen LogP contribution in [0.1, 0.15) is 12.8 Å². The highest BCUT2D eigenvalue weighted by atomic mass is 79.9. The third kappa shape index (κ3) is 5.94. The third-order valence-electron chi connectivity index (χ3n) is 3.66. The summed E-state index contributed by atoms with van der Waals surface area (Å²) in [5.41, 5.74) is 0. The highest BCUT2D eigenvalue weighted by molar-refractivity contribution is 9.10. The van der Waals surface area contributed by atoms with E-state index < -0.39 is 0 Å². The molecule has 0 radical (unpaired) electrons. The van der Waals surface area contributed by atoms with Crippen LogP contribution >= 0.6 is 15.9 Å². The van der Waals surface area contributed by atoms with Crippen molar-refractivity contribution in [2.45, 2.75) is 18.9 Å². The SMILES string of the molecule is CN(CCOc1ccc(Br)cc1)C(=O)COC1CCNCC1. The predicted molar refractivity (Wildman–Crippen MR) is 89.1 cm³/mol. The van der Waals surface area contributed by atoms with Crippen molar-refractivity contribution in [3.8, 4) is 5.75 Å². The van der Waals surface area contributed by atoms with Gasteiger partial charge in [-0.05, 0) is 50.2 Å². The van der Waals surface area contributed by atoms with Crippen LogP contribution in [0.4, 0.5) is 0 Å². The molecular formula is C16H23BrN2O3. The summed E-state index contributed by atoms with van der Waals surface area (Å²) < 4.78 is 12.3. The van der Waals surface area contributed by atoms with Gasteiger partial charge in [-0.3, -0.25) is 4.79 Å². The highest BCUT2D eigenvalue weighted by Gasteiger charge is 2.16. The Morgan fingerprint density at radius 2 is 2.00 bits per heavy atom. The number of halogens is 1. The monoisotopic (exact) mass is 370 g/mol. The maximum Gasteiger partial charge on any atom is 0.248 e. The minimum Gasteiger partial charge on any atom is -0.492 e. The number of hydrogen-bond donors (Lipinski definition) is 1. The van der Waals surface area contributed by atoms with E-state index in [0.29, 0.717) is 13.2 Å². The second-order valence-electron chi connectivity index (χ2n) is 5.38. The fourth-order valence-corrected chi connectivity index (χ4v) is 2.48. The fourth-order valence-electron chi connectivity index (χ4n) is 2.22. The molecule has 1 heterocycles. The molecule has 1 aliphatic heterocycles. The Labute approximate surface area is 140 Å². The topological polar surface area (TPSA) is 50.8 Å². The Kier molecular flexibility index (Phi) is 7.15. The minimum absolute atomic E-state index is 0.00191. The van der Waals surface area contributed by atoms with Crippen molar-refractivity contribution in [3.63, 3.8) is 0 Å². The van der Waals surface area contributed by atoms with Gasteiger partial charge < -0.3 is 19.7 Å². The van der Waals surface area contributed by atoms with E-state index in [1.807, 2.05) is 24.3 Å². The van der Waals surface area contributed by atoms with Gasteiger partial charge in [-0.25, -0.2) is 0 Å². The number of carbonyl (C=O) groups excluding carboxylic acids is 1. The minimum atomic E-state index is -0.00191. The van der Waals surface area contributed by atoms with Crippen LogP contribution in [0.15, 0.2) is 28.7 Å². The van der Waals surface area contributed by atoms with Gasteiger partial charge in [-0.2, -0.15) is 0 Å². The van der Waals surface area contributed by atoms with Crippen molar-refractivity contribution in [1.29, 1.82) is 0 Å². The summed E-state index contributed by atoms with van der Waals surface area (Å²) in [6.07, 6.45) is 2.16. The molecule has 22 heavy (non-hydrogen) atoms. The Hall–Kier alpha value is -1.11. The molecule has 0 unspecified atom stereocenters. The second-order valence-corrected chi connectivity index (χ2v) is 6.29. The Morgan fingerprint density at radius 3 is 2.68 bits per heavy atom. The van der Waals surface area contributed by atoms with E-state index in [4.69, 9.17) is 9.47 Å².